The first kappa shape index (κ1) is 26.4. The molecule has 0 spiro atoms. The molecular weight excluding hydrogens is 505 g/mol. The fourth-order valence-corrected chi connectivity index (χ4v) is 2.87. The summed E-state index contributed by atoms with van der Waals surface area (Å²) < 4.78 is 0. The first-order chi connectivity index (χ1) is 14.6. The highest BCUT2D eigenvalue weighted by atomic mass is 127. The maximum Gasteiger partial charge on any atom is 0.251 e. The molecule has 0 unspecified atom stereocenters. The molecule has 0 aliphatic carbocycles. The van der Waals surface area contributed by atoms with E-state index >= 15 is 0 Å². The molecule has 168 valence electrons. The van der Waals surface area contributed by atoms with Gasteiger partial charge in [-0.05, 0) is 55.7 Å². The minimum absolute atomic E-state index is 0. The Labute approximate surface area is 201 Å². The molecule has 0 aliphatic rings. The smallest absolute Gasteiger partial charge is 0.251 e. The summed E-state index contributed by atoms with van der Waals surface area (Å²) in [6, 6.07) is 15.1. The highest BCUT2D eigenvalue weighted by molar-refractivity contribution is 14.0. The standard InChI is InChI=1S/C23H31N5O2.HI/c1-4-25-22(30)19-11-9-18(10-12-19)16-28-23(26-5-2)27-14-13-17-7-6-8-20(15-17)21(29)24-3;/h6-12,15H,4-5,13-14,16H2,1-3H3,(H,24,29)(H,25,30)(H2,26,27,28);1H. The van der Waals surface area contributed by atoms with Crippen molar-refractivity contribution in [2.45, 2.75) is 26.8 Å². The number of carbonyl (C=O) groups excluding carboxylic acids is 2. The number of hydrogen-bond donors (Lipinski definition) is 4. The molecule has 0 bridgehead atoms. The van der Waals surface area contributed by atoms with E-state index in [1.165, 1.54) is 0 Å². The van der Waals surface area contributed by atoms with Crippen molar-refractivity contribution in [2.75, 3.05) is 26.7 Å². The van der Waals surface area contributed by atoms with Gasteiger partial charge in [-0.2, -0.15) is 0 Å². The van der Waals surface area contributed by atoms with Gasteiger partial charge < -0.3 is 21.3 Å². The minimum Gasteiger partial charge on any atom is -0.357 e. The fraction of sp³-hybridized carbons (Fsp3) is 0.348. The van der Waals surface area contributed by atoms with Gasteiger partial charge in [0.15, 0.2) is 5.96 Å². The van der Waals surface area contributed by atoms with E-state index in [1.807, 2.05) is 56.3 Å². The van der Waals surface area contributed by atoms with E-state index in [4.69, 9.17) is 0 Å². The van der Waals surface area contributed by atoms with E-state index in [0.717, 1.165) is 30.1 Å². The van der Waals surface area contributed by atoms with Crippen molar-refractivity contribution in [2.24, 2.45) is 4.99 Å². The van der Waals surface area contributed by atoms with E-state index in [9.17, 15) is 9.59 Å². The zero-order valence-corrected chi connectivity index (χ0v) is 20.7. The van der Waals surface area contributed by atoms with Crippen LogP contribution in [0.4, 0.5) is 0 Å². The van der Waals surface area contributed by atoms with Crippen molar-refractivity contribution in [1.29, 1.82) is 0 Å². The summed E-state index contributed by atoms with van der Waals surface area (Å²) in [5.41, 5.74) is 3.42. The minimum atomic E-state index is -0.0853. The summed E-state index contributed by atoms with van der Waals surface area (Å²) in [6.45, 7) is 6.49. The largest absolute Gasteiger partial charge is 0.357 e. The molecule has 31 heavy (non-hydrogen) atoms. The lowest BCUT2D eigenvalue weighted by atomic mass is 10.1. The molecule has 7 nitrogen and oxygen atoms in total. The molecule has 2 rings (SSSR count). The molecule has 2 aromatic carbocycles. The van der Waals surface area contributed by atoms with Crippen molar-refractivity contribution < 1.29 is 9.59 Å². The van der Waals surface area contributed by atoms with Gasteiger partial charge in [-0.3, -0.25) is 9.59 Å². The molecule has 8 heteroatoms. The Bertz CT molecular complexity index is 869. The van der Waals surface area contributed by atoms with Crippen LogP contribution in [0.25, 0.3) is 0 Å². The SMILES string of the molecule is CCNC(=O)c1ccc(CN=C(NCC)NCCc2cccc(C(=O)NC)c2)cc1.I. The Morgan fingerprint density at radius 2 is 1.55 bits per heavy atom. The van der Waals surface area contributed by atoms with Crippen molar-refractivity contribution in [1.82, 2.24) is 21.3 Å². The summed E-state index contributed by atoms with van der Waals surface area (Å²) in [5.74, 6) is 0.578. The van der Waals surface area contributed by atoms with Crippen LogP contribution in [0.1, 0.15) is 45.7 Å². The topological polar surface area (TPSA) is 94.6 Å². The van der Waals surface area contributed by atoms with Crippen LogP contribution in [0.2, 0.25) is 0 Å². The number of guanidine groups is 1. The van der Waals surface area contributed by atoms with E-state index < -0.39 is 0 Å². The quantitative estimate of drug-likeness (QED) is 0.225. The Morgan fingerprint density at radius 3 is 2.19 bits per heavy atom. The number of carbonyl (C=O) groups is 2. The second-order valence-electron chi connectivity index (χ2n) is 6.71. The van der Waals surface area contributed by atoms with Crippen molar-refractivity contribution in [3.63, 3.8) is 0 Å². The molecule has 0 heterocycles. The van der Waals surface area contributed by atoms with Crippen LogP contribution in [0.15, 0.2) is 53.5 Å². The molecular formula is C23H32IN5O2. The average Bonchev–Trinajstić information content (AvgIpc) is 2.77. The van der Waals surface area contributed by atoms with Gasteiger partial charge in [0.2, 0.25) is 0 Å². The van der Waals surface area contributed by atoms with Gasteiger partial charge >= 0.3 is 0 Å². The molecule has 2 aromatic rings. The zero-order valence-electron chi connectivity index (χ0n) is 18.3. The molecule has 0 aromatic heterocycles. The molecule has 0 radical (unpaired) electrons. The van der Waals surface area contributed by atoms with Gasteiger partial charge in [-0.1, -0.05) is 24.3 Å². The van der Waals surface area contributed by atoms with Crippen molar-refractivity contribution in [3.8, 4) is 0 Å². The van der Waals surface area contributed by atoms with Crippen LogP contribution in [0.3, 0.4) is 0 Å². The van der Waals surface area contributed by atoms with E-state index in [2.05, 4.69) is 26.3 Å². The monoisotopic (exact) mass is 537 g/mol. The van der Waals surface area contributed by atoms with Crippen LogP contribution in [0, 0.1) is 0 Å². The lowest BCUT2D eigenvalue weighted by Crippen LogP contribution is -2.38. The summed E-state index contributed by atoms with van der Waals surface area (Å²) >= 11 is 0. The number of rotatable bonds is 9. The zero-order chi connectivity index (χ0) is 21.8. The first-order valence-corrected chi connectivity index (χ1v) is 10.3. The molecule has 0 atom stereocenters. The molecule has 0 saturated heterocycles. The van der Waals surface area contributed by atoms with Gasteiger partial charge in [0.05, 0.1) is 6.54 Å². The van der Waals surface area contributed by atoms with Crippen molar-refractivity contribution >= 4 is 41.8 Å². The van der Waals surface area contributed by atoms with Gasteiger partial charge in [0, 0.05) is 37.8 Å². The Hall–Kier alpha value is -2.62. The van der Waals surface area contributed by atoms with Crippen molar-refractivity contribution in [3.05, 3.63) is 70.8 Å². The van der Waals surface area contributed by atoms with Gasteiger partial charge in [-0.25, -0.2) is 4.99 Å². The Balaban J connectivity index is 0.00000480. The second-order valence-corrected chi connectivity index (χ2v) is 6.71. The fourth-order valence-electron chi connectivity index (χ4n) is 2.87. The van der Waals surface area contributed by atoms with E-state index in [0.29, 0.717) is 30.8 Å². The number of amides is 2. The normalized spacial score (nSPS) is 10.6. The number of aliphatic imine (C=N–C) groups is 1. The highest BCUT2D eigenvalue weighted by Crippen LogP contribution is 2.07. The highest BCUT2D eigenvalue weighted by Gasteiger charge is 2.05. The third-order valence-electron chi connectivity index (χ3n) is 4.44. The van der Waals surface area contributed by atoms with Crippen LogP contribution in [0.5, 0.6) is 0 Å². The molecule has 0 saturated carbocycles. The Morgan fingerprint density at radius 1 is 0.839 bits per heavy atom. The number of hydrogen-bond acceptors (Lipinski definition) is 3. The summed E-state index contributed by atoms with van der Waals surface area (Å²) in [7, 11) is 1.63. The molecule has 2 amide bonds. The summed E-state index contributed by atoms with van der Waals surface area (Å²) in [4.78, 5) is 28.2. The lowest BCUT2D eigenvalue weighted by molar-refractivity contribution is 0.0950. The van der Waals surface area contributed by atoms with Crippen LogP contribution >= 0.6 is 24.0 Å². The third kappa shape index (κ3) is 8.95. The summed E-state index contributed by atoms with van der Waals surface area (Å²) in [5, 5.41) is 12.0. The lowest BCUT2D eigenvalue weighted by Gasteiger charge is -2.12. The Kier molecular flexibility index (Phi) is 12.3. The first-order valence-electron chi connectivity index (χ1n) is 10.3. The van der Waals surface area contributed by atoms with E-state index in [-0.39, 0.29) is 35.8 Å². The summed E-state index contributed by atoms with van der Waals surface area (Å²) in [6.07, 6.45) is 0.774. The van der Waals surface area contributed by atoms with Crippen LogP contribution in [-0.4, -0.2) is 44.5 Å². The van der Waals surface area contributed by atoms with Gasteiger partial charge in [-0.15, -0.1) is 24.0 Å². The van der Waals surface area contributed by atoms with Gasteiger partial charge in [0.1, 0.15) is 0 Å². The molecule has 0 aliphatic heterocycles. The third-order valence-corrected chi connectivity index (χ3v) is 4.44. The predicted molar refractivity (Wildman–Crippen MR) is 136 cm³/mol. The maximum atomic E-state index is 11.8. The van der Waals surface area contributed by atoms with E-state index in [1.54, 1.807) is 13.1 Å². The molecule has 0 fully saturated rings. The van der Waals surface area contributed by atoms with Crippen LogP contribution in [-0.2, 0) is 13.0 Å². The van der Waals surface area contributed by atoms with Crippen LogP contribution < -0.4 is 21.3 Å². The average molecular weight is 537 g/mol. The molecule has 4 N–H and O–H groups in total. The number of nitrogens with zero attached hydrogens (tertiary/aromatic N) is 1. The maximum absolute atomic E-state index is 11.8. The second kappa shape index (κ2) is 14.4. The van der Waals surface area contributed by atoms with Gasteiger partial charge in [0.25, 0.3) is 11.8 Å². The number of halogens is 1. The number of benzene rings is 2. The predicted octanol–water partition coefficient (Wildman–Crippen LogP) is 2.71. The number of nitrogens with one attached hydrogen (secondary N) is 4.